The fourth-order valence-electron chi connectivity index (χ4n) is 1.84. The van der Waals surface area contributed by atoms with Gasteiger partial charge in [-0.1, -0.05) is 35.5 Å². The fourth-order valence-corrected chi connectivity index (χ4v) is 3.95. The van der Waals surface area contributed by atoms with Crippen LogP contribution in [0.3, 0.4) is 0 Å². The first kappa shape index (κ1) is 13.7. The van der Waals surface area contributed by atoms with Gasteiger partial charge in [-0.25, -0.2) is 9.97 Å². The summed E-state index contributed by atoms with van der Waals surface area (Å²) in [5, 5.41) is 5.75. The lowest BCUT2D eigenvalue weighted by molar-refractivity contribution is 1.10. The highest BCUT2D eigenvalue weighted by Gasteiger charge is 2.12. The molecule has 3 aromatic rings. The van der Waals surface area contributed by atoms with Crippen LogP contribution in [0.5, 0.6) is 0 Å². The van der Waals surface area contributed by atoms with E-state index in [0.29, 0.717) is 5.95 Å². The highest BCUT2D eigenvalue weighted by Crippen LogP contribution is 2.38. The van der Waals surface area contributed by atoms with E-state index in [-0.39, 0.29) is 0 Å². The van der Waals surface area contributed by atoms with Crippen molar-refractivity contribution >= 4 is 50.9 Å². The number of fused-ring (bicyclic) bond motifs is 1. The monoisotopic (exact) mass is 321 g/mol. The van der Waals surface area contributed by atoms with Gasteiger partial charge in [0.1, 0.15) is 9.86 Å². The lowest BCUT2D eigenvalue weighted by Gasteiger charge is -2.06. The lowest BCUT2D eigenvalue weighted by Crippen LogP contribution is -1.96. The SMILES string of the molecule is CNc1nc(Sc2ccccc2Cl)c2cc(C)sc2n1. The topological polar surface area (TPSA) is 37.8 Å². The van der Waals surface area contributed by atoms with Gasteiger partial charge in [-0.05, 0) is 25.1 Å². The summed E-state index contributed by atoms with van der Waals surface area (Å²) in [6.45, 7) is 2.08. The standard InChI is InChI=1S/C14H12ClN3S2/c1-8-7-9-12(19-8)17-14(16-2)18-13(9)20-11-6-4-3-5-10(11)15/h3-7H,1-2H3,(H,16,17,18). The van der Waals surface area contributed by atoms with E-state index < -0.39 is 0 Å². The number of benzene rings is 1. The maximum atomic E-state index is 6.23. The van der Waals surface area contributed by atoms with Crippen molar-refractivity contribution in [1.82, 2.24) is 9.97 Å². The van der Waals surface area contributed by atoms with Gasteiger partial charge in [-0.2, -0.15) is 0 Å². The lowest BCUT2D eigenvalue weighted by atomic mass is 10.4. The maximum absolute atomic E-state index is 6.23. The van der Waals surface area contributed by atoms with E-state index in [2.05, 4.69) is 28.3 Å². The summed E-state index contributed by atoms with van der Waals surface area (Å²) in [5.41, 5.74) is 0. The second-order valence-corrected chi connectivity index (χ2v) is 6.88. The molecule has 2 heterocycles. The molecule has 0 aliphatic rings. The number of thiophene rings is 1. The minimum atomic E-state index is 0.633. The average molecular weight is 322 g/mol. The molecule has 1 aromatic carbocycles. The molecule has 20 heavy (non-hydrogen) atoms. The first-order chi connectivity index (χ1) is 9.67. The molecule has 2 aromatic heterocycles. The molecule has 0 radical (unpaired) electrons. The highest BCUT2D eigenvalue weighted by molar-refractivity contribution is 7.99. The van der Waals surface area contributed by atoms with Crippen molar-refractivity contribution in [3.8, 4) is 0 Å². The van der Waals surface area contributed by atoms with Gasteiger partial charge >= 0.3 is 0 Å². The van der Waals surface area contributed by atoms with Crippen molar-refractivity contribution in [3.63, 3.8) is 0 Å². The number of anilines is 1. The smallest absolute Gasteiger partial charge is 0.224 e. The van der Waals surface area contributed by atoms with Crippen molar-refractivity contribution in [3.05, 3.63) is 40.2 Å². The molecular formula is C14H12ClN3S2. The van der Waals surface area contributed by atoms with Crippen LogP contribution < -0.4 is 5.32 Å². The van der Waals surface area contributed by atoms with E-state index in [9.17, 15) is 0 Å². The van der Waals surface area contributed by atoms with Crippen LogP contribution in [0.4, 0.5) is 5.95 Å². The molecule has 0 bridgehead atoms. The maximum Gasteiger partial charge on any atom is 0.224 e. The highest BCUT2D eigenvalue weighted by atomic mass is 35.5. The van der Waals surface area contributed by atoms with Crippen LogP contribution in [0.2, 0.25) is 5.02 Å². The van der Waals surface area contributed by atoms with E-state index in [0.717, 1.165) is 25.2 Å². The average Bonchev–Trinajstić information content (AvgIpc) is 2.81. The van der Waals surface area contributed by atoms with Crippen molar-refractivity contribution in [2.75, 3.05) is 12.4 Å². The minimum absolute atomic E-state index is 0.633. The van der Waals surface area contributed by atoms with E-state index in [1.165, 1.54) is 4.88 Å². The zero-order chi connectivity index (χ0) is 14.1. The van der Waals surface area contributed by atoms with Gasteiger partial charge < -0.3 is 5.32 Å². The third-order valence-corrected chi connectivity index (χ3v) is 5.21. The van der Waals surface area contributed by atoms with Crippen LogP contribution in [0.25, 0.3) is 10.2 Å². The van der Waals surface area contributed by atoms with Crippen LogP contribution in [0, 0.1) is 6.92 Å². The van der Waals surface area contributed by atoms with Gasteiger partial charge in [-0.3, -0.25) is 0 Å². The number of hydrogen-bond acceptors (Lipinski definition) is 5. The summed E-state index contributed by atoms with van der Waals surface area (Å²) in [6.07, 6.45) is 0. The molecule has 102 valence electrons. The number of nitrogens with zero attached hydrogens (tertiary/aromatic N) is 2. The molecule has 0 fully saturated rings. The molecule has 6 heteroatoms. The molecular weight excluding hydrogens is 310 g/mol. The second-order valence-electron chi connectivity index (χ2n) is 4.21. The summed E-state index contributed by atoms with van der Waals surface area (Å²) < 4.78 is 0. The van der Waals surface area contributed by atoms with Crippen LogP contribution in [-0.2, 0) is 0 Å². The Hall–Kier alpha value is -1.30. The van der Waals surface area contributed by atoms with E-state index >= 15 is 0 Å². The minimum Gasteiger partial charge on any atom is -0.357 e. The Morgan fingerprint density at radius 2 is 2.05 bits per heavy atom. The molecule has 0 spiro atoms. The van der Waals surface area contributed by atoms with Gasteiger partial charge in [0.25, 0.3) is 0 Å². The van der Waals surface area contributed by atoms with Crippen LogP contribution in [-0.4, -0.2) is 17.0 Å². The Morgan fingerprint density at radius 3 is 2.80 bits per heavy atom. The molecule has 1 N–H and O–H groups in total. The largest absolute Gasteiger partial charge is 0.357 e. The Morgan fingerprint density at radius 1 is 1.25 bits per heavy atom. The normalized spacial score (nSPS) is 10.9. The number of rotatable bonds is 3. The van der Waals surface area contributed by atoms with E-state index in [4.69, 9.17) is 11.6 Å². The van der Waals surface area contributed by atoms with E-state index in [1.54, 1.807) is 23.1 Å². The molecule has 0 aliphatic heterocycles. The van der Waals surface area contributed by atoms with Gasteiger partial charge in [0, 0.05) is 22.2 Å². The van der Waals surface area contributed by atoms with Gasteiger partial charge in [0.15, 0.2) is 0 Å². The van der Waals surface area contributed by atoms with Gasteiger partial charge in [0.2, 0.25) is 5.95 Å². The number of aryl methyl sites for hydroxylation is 1. The van der Waals surface area contributed by atoms with Crippen molar-refractivity contribution < 1.29 is 0 Å². The van der Waals surface area contributed by atoms with Gasteiger partial charge in [-0.15, -0.1) is 11.3 Å². The van der Waals surface area contributed by atoms with Crippen LogP contribution in [0.15, 0.2) is 40.3 Å². The van der Waals surface area contributed by atoms with Crippen molar-refractivity contribution in [2.45, 2.75) is 16.8 Å². The quantitative estimate of drug-likeness (QED) is 0.700. The van der Waals surface area contributed by atoms with E-state index in [1.807, 2.05) is 31.3 Å². The molecule has 3 nitrogen and oxygen atoms in total. The molecule has 0 amide bonds. The third kappa shape index (κ3) is 2.61. The Balaban J connectivity index is 2.12. The Bertz CT molecular complexity index is 770. The zero-order valence-electron chi connectivity index (χ0n) is 11.0. The van der Waals surface area contributed by atoms with Crippen molar-refractivity contribution in [1.29, 1.82) is 0 Å². The van der Waals surface area contributed by atoms with Crippen molar-refractivity contribution in [2.24, 2.45) is 0 Å². The molecule has 0 aliphatic carbocycles. The Kier molecular flexibility index (Phi) is 3.83. The van der Waals surface area contributed by atoms with Crippen LogP contribution in [0.1, 0.15) is 4.88 Å². The number of halogens is 1. The summed E-state index contributed by atoms with van der Waals surface area (Å²) in [4.78, 5) is 12.3. The zero-order valence-corrected chi connectivity index (χ0v) is 13.4. The summed E-state index contributed by atoms with van der Waals surface area (Å²) in [7, 11) is 1.82. The van der Waals surface area contributed by atoms with Gasteiger partial charge in [0.05, 0.1) is 5.02 Å². The number of nitrogens with one attached hydrogen (secondary N) is 1. The third-order valence-electron chi connectivity index (χ3n) is 2.75. The number of aromatic nitrogens is 2. The Labute approximate surface area is 130 Å². The number of hydrogen-bond donors (Lipinski definition) is 1. The predicted octanol–water partition coefficient (Wildman–Crippen LogP) is 4.85. The molecule has 0 unspecified atom stereocenters. The molecule has 0 saturated carbocycles. The fraction of sp³-hybridized carbons (Fsp3) is 0.143. The summed E-state index contributed by atoms with van der Waals surface area (Å²) in [6, 6.07) is 9.91. The predicted molar refractivity (Wildman–Crippen MR) is 87.3 cm³/mol. The second kappa shape index (κ2) is 5.60. The first-order valence-electron chi connectivity index (χ1n) is 6.05. The molecule has 0 atom stereocenters. The summed E-state index contributed by atoms with van der Waals surface area (Å²) >= 11 is 9.47. The molecule has 3 rings (SSSR count). The van der Waals surface area contributed by atoms with Crippen LogP contribution >= 0.6 is 34.7 Å². The first-order valence-corrected chi connectivity index (χ1v) is 8.07. The summed E-state index contributed by atoms with van der Waals surface area (Å²) in [5.74, 6) is 0.633. The molecule has 0 saturated heterocycles.